The first-order valence-electron chi connectivity index (χ1n) is 26.2. The van der Waals surface area contributed by atoms with Crippen LogP contribution in [-0.4, -0.2) is 4.57 Å². The van der Waals surface area contributed by atoms with Gasteiger partial charge in [0.1, 0.15) is 11.2 Å². The van der Waals surface area contributed by atoms with Crippen LogP contribution in [0.4, 0.5) is 17.1 Å². The topological polar surface area (TPSA) is 21.3 Å². The molecule has 0 unspecified atom stereocenters. The average molecular weight is 967 g/mol. The van der Waals surface area contributed by atoms with Crippen LogP contribution in [0.15, 0.2) is 247 Å². The largest absolute Gasteiger partial charge is 0.455 e. The summed E-state index contributed by atoms with van der Waals surface area (Å²) >= 11 is 0. The number of anilines is 3. The number of furan rings is 1. The van der Waals surface area contributed by atoms with Crippen LogP contribution in [0.1, 0.15) is 52.7 Å². The molecule has 0 aliphatic rings. The van der Waals surface area contributed by atoms with E-state index < -0.39 is 0 Å². The highest BCUT2D eigenvalue weighted by molar-refractivity contribution is 6.17. The summed E-state index contributed by atoms with van der Waals surface area (Å²) in [6, 6.07) is 89.1. The summed E-state index contributed by atoms with van der Waals surface area (Å²) in [5.74, 6) is 0. The summed E-state index contributed by atoms with van der Waals surface area (Å²) in [5, 5.41) is 7.09. The van der Waals surface area contributed by atoms with Crippen LogP contribution in [-0.2, 0) is 10.8 Å². The highest BCUT2D eigenvalue weighted by Gasteiger charge is 2.26. The number of benzene rings is 11. The maximum absolute atomic E-state index is 6.70. The lowest BCUT2D eigenvalue weighted by atomic mass is 9.78. The van der Waals surface area contributed by atoms with Gasteiger partial charge in [0.05, 0.1) is 22.4 Å². The standard InChI is InChI=1S/C72H58N2O/c1-71(2,3)50-43-49(44-51(46-50)72(4,5)6)54-33-19-23-47-24-20-35-59(68(47)54)56-29-10-14-38-63(56)74(53-28-18-25-48(45-53)55-34-21-37-61-58-31-13-17-42-67(58)75-70(55)61)64-39-15-11-30-57(64)60-36-22-41-66-69(60)62-32-12-16-40-65(62)73(66)52-26-8-7-9-27-52/h7-46H,1-6H3. The lowest BCUT2D eigenvalue weighted by Crippen LogP contribution is -2.16. The molecule has 2 aromatic heterocycles. The van der Waals surface area contributed by atoms with Gasteiger partial charge < -0.3 is 13.9 Å². The first-order chi connectivity index (χ1) is 36.5. The molecule has 0 aliphatic heterocycles. The summed E-state index contributed by atoms with van der Waals surface area (Å²) in [6.45, 7) is 13.9. The predicted molar refractivity (Wildman–Crippen MR) is 319 cm³/mol. The fourth-order valence-electron chi connectivity index (χ4n) is 11.5. The van der Waals surface area contributed by atoms with E-state index >= 15 is 0 Å². The lowest BCUT2D eigenvalue weighted by molar-refractivity contribution is 0.569. The van der Waals surface area contributed by atoms with Crippen LogP contribution in [0.25, 0.3) is 105 Å². The molecule has 362 valence electrons. The van der Waals surface area contributed by atoms with Gasteiger partial charge in [0.25, 0.3) is 0 Å². The zero-order chi connectivity index (χ0) is 51.0. The minimum Gasteiger partial charge on any atom is -0.455 e. The minimum atomic E-state index is -0.0326. The smallest absolute Gasteiger partial charge is 0.143 e. The Labute approximate surface area is 439 Å². The van der Waals surface area contributed by atoms with Gasteiger partial charge in [-0.05, 0) is 115 Å². The molecular formula is C72H58N2O. The van der Waals surface area contributed by atoms with E-state index in [9.17, 15) is 0 Å². The number of nitrogens with zero attached hydrogens (tertiary/aromatic N) is 2. The average Bonchev–Trinajstić information content (AvgIpc) is 3.99. The van der Waals surface area contributed by atoms with E-state index in [2.05, 4.69) is 288 Å². The van der Waals surface area contributed by atoms with Crippen LogP contribution >= 0.6 is 0 Å². The van der Waals surface area contributed by atoms with Gasteiger partial charge in [-0.2, -0.15) is 0 Å². The molecule has 13 rings (SSSR count). The second kappa shape index (κ2) is 17.9. The van der Waals surface area contributed by atoms with E-state index in [4.69, 9.17) is 4.42 Å². The van der Waals surface area contributed by atoms with E-state index in [1.165, 1.54) is 60.4 Å². The van der Waals surface area contributed by atoms with E-state index in [0.29, 0.717) is 0 Å². The monoisotopic (exact) mass is 966 g/mol. The van der Waals surface area contributed by atoms with Gasteiger partial charge in [-0.25, -0.2) is 0 Å². The van der Waals surface area contributed by atoms with Crippen molar-refractivity contribution in [2.45, 2.75) is 52.4 Å². The molecule has 3 heteroatoms. The van der Waals surface area contributed by atoms with Gasteiger partial charge in [0.15, 0.2) is 0 Å². The van der Waals surface area contributed by atoms with Gasteiger partial charge in [-0.1, -0.05) is 230 Å². The summed E-state index contributed by atoms with van der Waals surface area (Å²) < 4.78 is 9.10. The molecule has 0 saturated heterocycles. The minimum absolute atomic E-state index is 0.0326. The quantitative estimate of drug-likeness (QED) is 0.151. The molecule has 0 bridgehead atoms. The number of hydrogen-bond donors (Lipinski definition) is 0. The van der Waals surface area contributed by atoms with E-state index in [1.807, 2.05) is 6.07 Å². The molecule has 2 heterocycles. The number of para-hydroxylation sites is 6. The van der Waals surface area contributed by atoms with Gasteiger partial charge in [0.2, 0.25) is 0 Å². The van der Waals surface area contributed by atoms with Crippen LogP contribution in [0.5, 0.6) is 0 Å². The highest BCUT2D eigenvalue weighted by Crippen LogP contribution is 2.50. The van der Waals surface area contributed by atoms with E-state index in [1.54, 1.807) is 0 Å². The summed E-state index contributed by atoms with van der Waals surface area (Å²) in [7, 11) is 0. The molecule has 13 aromatic rings. The second-order valence-corrected chi connectivity index (χ2v) is 22.1. The Hall–Kier alpha value is -8.92. The third-order valence-corrected chi connectivity index (χ3v) is 15.3. The van der Waals surface area contributed by atoms with Crippen LogP contribution in [0.2, 0.25) is 0 Å². The summed E-state index contributed by atoms with van der Waals surface area (Å²) in [5.41, 5.74) is 20.2. The number of hydrogen-bond acceptors (Lipinski definition) is 2. The van der Waals surface area contributed by atoms with Crippen molar-refractivity contribution in [2.75, 3.05) is 4.90 Å². The molecule has 0 atom stereocenters. The molecule has 0 amide bonds. The Balaban J connectivity index is 1.08. The first kappa shape index (κ1) is 45.9. The van der Waals surface area contributed by atoms with Crippen LogP contribution in [0, 0.1) is 0 Å². The Morgan fingerprint density at radius 2 is 0.880 bits per heavy atom. The van der Waals surface area contributed by atoms with Gasteiger partial charge in [0, 0.05) is 49.6 Å². The Morgan fingerprint density at radius 3 is 1.59 bits per heavy atom. The van der Waals surface area contributed by atoms with Crippen molar-refractivity contribution in [3.05, 3.63) is 254 Å². The molecule has 0 radical (unpaired) electrons. The van der Waals surface area contributed by atoms with Gasteiger partial charge >= 0.3 is 0 Å². The predicted octanol–water partition coefficient (Wildman–Crippen LogP) is 20.6. The van der Waals surface area contributed by atoms with Crippen LogP contribution < -0.4 is 4.90 Å². The fourth-order valence-corrected chi connectivity index (χ4v) is 11.5. The van der Waals surface area contributed by atoms with Crippen molar-refractivity contribution in [3.8, 4) is 50.2 Å². The first-order valence-corrected chi connectivity index (χ1v) is 26.2. The molecule has 0 N–H and O–H groups in total. The molecule has 0 saturated carbocycles. The number of rotatable bonds is 8. The zero-order valence-corrected chi connectivity index (χ0v) is 43.4. The maximum Gasteiger partial charge on any atom is 0.143 e. The summed E-state index contributed by atoms with van der Waals surface area (Å²) in [6.07, 6.45) is 0. The van der Waals surface area contributed by atoms with Crippen molar-refractivity contribution in [3.63, 3.8) is 0 Å². The van der Waals surface area contributed by atoms with Crippen molar-refractivity contribution >= 4 is 71.6 Å². The number of fused-ring (bicyclic) bond motifs is 7. The Bertz CT molecular complexity index is 4290. The third-order valence-electron chi connectivity index (χ3n) is 15.3. The second-order valence-electron chi connectivity index (χ2n) is 22.1. The molecule has 11 aromatic carbocycles. The molecule has 0 fully saturated rings. The van der Waals surface area contributed by atoms with Crippen molar-refractivity contribution < 1.29 is 4.42 Å². The summed E-state index contributed by atoms with van der Waals surface area (Å²) in [4.78, 5) is 2.50. The van der Waals surface area contributed by atoms with Gasteiger partial charge in [-0.15, -0.1) is 0 Å². The highest BCUT2D eigenvalue weighted by atomic mass is 16.3. The van der Waals surface area contributed by atoms with Crippen molar-refractivity contribution in [1.82, 2.24) is 4.57 Å². The molecule has 75 heavy (non-hydrogen) atoms. The van der Waals surface area contributed by atoms with Crippen LogP contribution in [0.3, 0.4) is 0 Å². The molecule has 0 aliphatic carbocycles. The zero-order valence-electron chi connectivity index (χ0n) is 43.4. The SMILES string of the molecule is CC(C)(C)c1cc(-c2cccc3cccc(-c4ccccc4N(c4cccc(-c5cccc6c5oc5ccccc56)c4)c4ccccc4-c4cccc5c4c4ccccc4n5-c4ccccc4)c23)cc(C(C)(C)C)c1. The molecule has 0 spiro atoms. The Morgan fingerprint density at radius 1 is 0.360 bits per heavy atom. The number of aromatic nitrogens is 1. The van der Waals surface area contributed by atoms with E-state index in [-0.39, 0.29) is 10.8 Å². The van der Waals surface area contributed by atoms with Crippen molar-refractivity contribution in [2.24, 2.45) is 0 Å². The van der Waals surface area contributed by atoms with Crippen molar-refractivity contribution in [1.29, 1.82) is 0 Å². The maximum atomic E-state index is 6.70. The Kier molecular flexibility index (Phi) is 11.0. The molecule has 3 nitrogen and oxygen atoms in total. The fraction of sp³-hybridized carbons (Fsp3) is 0.111. The van der Waals surface area contributed by atoms with E-state index in [0.717, 1.165) is 72.5 Å². The normalized spacial score (nSPS) is 12.1. The van der Waals surface area contributed by atoms with Gasteiger partial charge in [-0.3, -0.25) is 0 Å². The molecular weight excluding hydrogens is 909 g/mol. The third kappa shape index (κ3) is 7.90. The lowest BCUT2D eigenvalue weighted by Gasteiger charge is -2.31.